The van der Waals surface area contributed by atoms with Gasteiger partial charge in [0, 0.05) is 17.8 Å². The topological polar surface area (TPSA) is 75.4 Å². The van der Waals surface area contributed by atoms with Gasteiger partial charge in [-0.25, -0.2) is 9.48 Å². The van der Waals surface area contributed by atoms with E-state index in [0.29, 0.717) is 18.5 Å². The molecule has 1 fully saturated rings. The number of piperidine rings is 1. The molecule has 6 heteroatoms. The quantitative estimate of drug-likeness (QED) is 0.940. The van der Waals surface area contributed by atoms with Crippen LogP contribution in [0, 0.1) is 13.8 Å². The average molecular weight is 327 g/mol. The molecule has 0 saturated carbocycles. The lowest BCUT2D eigenvalue weighted by molar-refractivity contribution is -0.143. The number of amides is 1. The van der Waals surface area contributed by atoms with Crippen LogP contribution in [0.25, 0.3) is 5.69 Å². The lowest BCUT2D eigenvalue weighted by Crippen LogP contribution is -2.47. The molecule has 0 aliphatic carbocycles. The standard InChI is InChI=1S/C18H21N3O3/c1-12-11-13(2)21(19-12)15-8-6-14(7-9-15)17(22)20-10-4-3-5-16(20)18(23)24/h6-9,11,16H,3-5,10H2,1-2H3,(H,23,24). The molecular weight excluding hydrogens is 306 g/mol. The van der Waals surface area contributed by atoms with E-state index >= 15 is 0 Å². The van der Waals surface area contributed by atoms with Gasteiger partial charge in [-0.05, 0) is 63.4 Å². The third-order valence-corrected chi connectivity index (χ3v) is 4.42. The van der Waals surface area contributed by atoms with Gasteiger partial charge < -0.3 is 10.0 Å². The number of benzene rings is 1. The van der Waals surface area contributed by atoms with Crippen LogP contribution in [-0.4, -0.2) is 44.3 Å². The van der Waals surface area contributed by atoms with Crippen LogP contribution in [0.5, 0.6) is 0 Å². The summed E-state index contributed by atoms with van der Waals surface area (Å²) in [6, 6.07) is 8.42. The summed E-state index contributed by atoms with van der Waals surface area (Å²) >= 11 is 0. The third kappa shape index (κ3) is 3.04. The number of carboxylic acid groups (broad SMARTS) is 1. The first-order valence-electron chi connectivity index (χ1n) is 8.15. The number of carbonyl (C=O) groups is 2. The van der Waals surface area contributed by atoms with Crippen LogP contribution < -0.4 is 0 Å². The number of aromatic nitrogens is 2. The molecule has 0 bridgehead atoms. The fourth-order valence-electron chi connectivity index (χ4n) is 3.23. The van der Waals surface area contributed by atoms with Gasteiger partial charge >= 0.3 is 5.97 Å². The van der Waals surface area contributed by atoms with Crippen molar-refractivity contribution < 1.29 is 14.7 Å². The summed E-state index contributed by atoms with van der Waals surface area (Å²) in [5.41, 5.74) is 3.35. The molecule has 1 atom stereocenters. The second-order valence-corrected chi connectivity index (χ2v) is 6.23. The molecule has 1 N–H and O–H groups in total. The van der Waals surface area contributed by atoms with Gasteiger partial charge in [0.05, 0.1) is 11.4 Å². The van der Waals surface area contributed by atoms with Gasteiger partial charge in [-0.15, -0.1) is 0 Å². The Bertz CT molecular complexity index is 764. The summed E-state index contributed by atoms with van der Waals surface area (Å²) in [4.78, 5) is 25.5. The maximum Gasteiger partial charge on any atom is 0.326 e. The molecule has 2 aromatic rings. The van der Waals surface area contributed by atoms with Crippen molar-refractivity contribution in [1.29, 1.82) is 0 Å². The molecular formula is C18H21N3O3. The summed E-state index contributed by atoms with van der Waals surface area (Å²) in [6.45, 7) is 4.41. The van der Waals surface area contributed by atoms with Crippen LogP contribution in [-0.2, 0) is 4.79 Å². The average Bonchev–Trinajstić information content (AvgIpc) is 2.92. The van der Waals surface area contributed by atoms with E-state index in [2.05, 4.69) is 5.10 Å². The number of hydrogen-bond acceptors (Lipinski definition) is 3. The fourth-order valence-corrected chi connectivity index (χ4v) is 3.23. The summed E-state index contributed by atoms with van der Waals surface area (Å²) < 4.78 is 1.82. The Balaban J connectivity index is 1.83. The van der Waals surface area contributed by atoms with Gasteiger partial charge in [-0.2, -0.15) is 5.10 Å². The van der Waals surface area contributed by atoms with Crippen LogP contribution in [0.2, 0.25) is 0 Å². The van der Waals surface area contributed by atoms with Crippen molar-refractivity contribution in [3.8, 4) is 5.69 Å². The Morgan fingerprint density at radius 3 is 2.46 bits per heavy atom. The first-order chi connectivity index (χ1) is 11.5. The summed E-state index contributed by atoms with van der Waals surface area (Å²) in [7, 11) is 0. The fraction of sp³-hybridized carbons (Fsp3) is 0.389. The molecule has 1 saturated heterocycles. The van der Waals surface area contributed by atoms with E-state index in [0.717, 1.165) is 29.9 Å². The normalized spacial score (nSPS) is 17.8. The number of aryl methyl sites for hydroxylation is 2. The SMILES string of the molecule is Cc1cc(C)n(-c2ccc(C(=O)N3CCCCC3C(=O)O)cc2)n1. The van der Waals surface area contributed by atoms with E-state index < -0.39 is 12.0 Å². The van der Waals surface area contributed by atoms with Gasteiger partial charge in [0.25, 0.3) is 5.91 Å². The highest BCUT2D eigenvalue weighted by molar-refractivity contribution is 5.96. The van der Waals surface area contributed by atoms with Crippen LogP contribution in [0.4, 0.5) is 0 Å². The van der Waals surface area contributed by atoms with Crippen molar-refractivity contribution in [2.75, 3.05) is 6.54 Å². The molecule has 24 heavy (non-hydrogen) atoms. The molecule has 1 aliphatic heterocycles. The molecule has 2 heterocycles. The van der Waals surface area contributed by atoms with Gasteiger partial charge in [0.15, 0.2) is 0 Å². The Morgan fingerprint density at radius 1 is 1.17 bits per heavy atom. The summed E-state index contributed by atoms with van der Waals surface area (Å²) in [5.74, 6) is -1.15. The summed E-state index contributed by atoms with van der Waals surface area (Å²) in [6.07, 6.45) is 2.21. The second-order valence-electron chi connectivity index (χ2n) is 6.23. The minimum Gasteiger partial charge on any atom is -0.480 e. The zero-order chi connectivity index (χ0) is 17.3. The Morgan fingerprint density at radius 2 is 1.88 bits per heavy atom. The Labute approximate surface area is 140 Å². The first-order valence-corrected chi connectivity index (χ1v) is 8.15. The van der Waals surface area contributed by atoms with Crippen LogP contribution >= 0.6 is 0 Å². The highest BCUT2D eigenvalue weighted by atomic mass is 16.4. The molecule has 1 aliphatic rings. The number of hydrogen-bond donors (Lipinski definition) is 1. The molecule has 1 aromatic carbocycles. The van der Waals surface area contributed by atoms with Crippen molar-refractivity contribution >= 4 is 11.9 Å². The second kappa shape index (κ2) is 6.47. The number of likely N-dealkylation sites (tertiary alicyclic amines) is 1. The van der Waals surface area contributed by atoms with Crippen LogP contribution in [0.15, 0.2) is 30.3 Å². The van der Waals surface area contributed by atoms with Gasteiger partial charge in [0.1, 0.15) is 6.04 Å². The lowest BCUT2D eigenvalue weighted by Gasteiger charge is -2.33. The Kier molecular flexibility index (Phi) is 4.38. The molecule has 126 valence electrons. The molecule has 1 amide bonds. The maximum atomic E-state index is 12.7. The van der Waals surface area contributed by atoms with E-state index in [1.807, 2.05) is 36.7 Å². The zero-order valence-electron chi connectivity index (χ0n) is 13.9. The molecule has 1 aromatic heterocycles. The van der Waals surface area contributed by atoms with Gasteiger partial charge in [-0.3, -0.25) is 4.79 Å². The third-order valence-electron chi connectivity index (χ3n) is 4.42. The predicted molar refractivity (Wildman–Crippen MR) is 89.3 cm³/mol. The van der Waals surface area contributed by atoms with Crippen molar-refractivity contribution in [3.63, 3.8) is 0 Å². The Hall–Kier alpha value is -2.63. The number of carboxylic acids is 1. The van der Waals surface area contributed by atoms with Gasteiger partial charge in [-0.1, -0.05) is 0 Å². The highest BCUT2D eigenvalue weighted by Crippen LogP contribution is 2.21. The summed E-state index contributed by atoms with van der Waals surface area (Å²) in [5, 5.41) is 13.7. The number of carbonyl (C=O) groups excluding carboxylic acids is 1. The van der Waals surface area contributed by atoms with Crippen molar-refractivity contribution in [3.05, 3.63) is 47.3 Å². The minimum atomic E-state index is -0.928. The highest BCUT2D eigenvalue weighted by Gasteiger charge is 2.32. The molecule has 6 nitrogen and oxygen atoms in total. The first kappa shape index (κ1) is 16.2. The number of nitrogens with zero attached hydrogens (tertiary/aromatic N) is 3. The van der Waals surface area contributed by atoms with Crippen LogP contribution in [0.1, 0.15) is 41.0 Å². The largest absolute Gasteiger partial charge is 0.480 e. The predicted octanol–water partition coefficient (Wildman–Crippen LogP) is 2.57. The number of rotatable bonds is 3. The van der Waals surface area contributed by atoms with Crippen molar-refractivity contribution in [2.24, 2.45) is 0 Å². The molecule has 3 rings (SSSR count). The van der Waals surface area contributed by atoms with E-state index in [9.17, 15) is 14.7 Å². The minimum absolute atomic E-state index is 0.220. The molecule has 1 unspecified atom stereocenters. The van der Waals surface area contributed by atoms with E-state index in [1.54, 1.807) is 12.1 Å². The zero-order valence-corrected chi connectivity index (χ0v) is 13.9. The molecule has 0 spiro atoms. The van der Waals surface area contributed by atoms with Crippen molar-refractivity contribution in [2.45, 2.75) is 39.2 Å². The number of aliphatic carboxylic acids is 1. The smallest absolute Gasteiger partial charge is 0.326 e. The van der Waals surface area contributed by atoms with Crippen molar-refractivity contribution in [1.82, 2.24) is 14.7 Å². The van der Waals surface area contributed by atoms with Crippen LogP contribution in [0.3, 0.4) is 0 Å². The van der Waals surface area contributed by atoms with Gasteiger partial charge in [0.2, 0.25) is 0 Å². The van der Waals surface area contributed by atoms with E-state index in [1.165, 1.54) is 4.90 Å². The van der Waals surface area contributed by atoms with E-state index in [-0.39, 0.29) is 5.91 Å². The maximum absolute atomic E-state index is 12.7. The monoisotopic (exact) mass is 327 g/mol. The molecule has 0 radical (unpaired) electrons. The van der Waals surface area contributed by atoms with E-state index in [4.69, 9.17) is 0 Å². The lowest BCUT2D eigenvalue weighted by atomic mass is 10.0.